The predicted octanol–water partition coefficient (Wildman–Crippen LogP) is 0.359. The lowest BCUT2D eigenvalue weighted by molar-refractivity contribution is 0.0940. The number of carbonyl (C=O) groups is 1. The third-order valence-corrected chi connectivity index (χ3v) is 5.50. The van der Waals surface area contributed by atoms with Gasteiger partial charge in [-0.15, -0.1) is 12.4 Å². The zero-order valence-electron chi connectivity index (χ0n) is 14.5. The van der Waals surface area contributed by atoms with E-state index in [0.717, 1.165) is 5.52 Å². The van der Waals surface area contributed by atoms with Crippen LogP contribution in [0.15, 0.2) is 30.5 Å². The predicted molar refractivity (Wildman–Crippen MR) is 102 cm³/mol. The molecule has 1 aromatic carbocycles. The highest BCUT2D eigenvalue weighted by molar-refractivity contribution is 7.88. The lowest BCUT2D eigenvalue weighted by atomic mass is 10.3. The summed E-state index contributed by atoms with van der Waals surface area (Å²) in [5.74, 6) is -0.256. The first-order valence-corrected chi connectivity index (χ1v) is 9.96. The molecular formula is C16H22ClN5O3S. The number of rotatable bonds is 5. The summed E-state index contributed by atoms with van der Waals surface area (Å²) in [5, 5.41) is 2.84. The average Bonchev–Trinajstić information content (AvgIpc) is 2.61. The largest absolute Gasteiger partial charge is 0.349 e. The number of halogens is 1. The lowest BCUT2D eigenvalue weighted by Crippen LogP contribution is -2.49. The van der Waals surface area contributed by atoms with Gasteiger partial charge < -0.3 is 5.32 Å². The molecule has 1 saturated heterocycles. The van der Waals surface area contributed by atoms with Crippen molar-refractivity contribution in [1.82, 2.24) is 24.5 Å². The number of sulfonamides is 1. The second-order valence-electron chi connectivity index (χ2n) is 6.00. The number of fused-ring (bicyclic) bond motifs is 1. The first-order valence-electron chi connectivity index (χ1n) is 8.11. The normalized spacial score (nSPS) is 16.2. The first kappa shape index (κ1) is 20.5. The fraction of sp³-hybridized carbons (Fsp3) is 0.438. The van der Waals surface area contributed by atoms with Gasteiger partial charge in [-0.05, 0) is 12.1 Å². The van der Waals surface area contributed by atoms with Crippen molar-refractivity contribution in [2.24, 2.45) is 0 Å². The maximum atomic E-state index is 12.2. The Morgan fingerprint density at radius 3 is 2.46 bits per heavy atom. The molecule has 1 amide bonds. The monoisotopic (exact) mass is 399 g/mol. The van der Waals surface area contributed by atoms with E-state index < -0.39 is 10.0 Å². The molecule has 1 fully saturated rings. The summed E-state index contributed by atoms with van der Waals surface area (Å²) in [6.45, 7) is 3.46. The molecule has 1 aliphatic rings. The van der Waals surface area contributed by atoms with E-state index in [0.29, 0.717) is 50.5 Å². The maximum Gasteiger partial charge on any atom is 0.271 e. The Morgan fingerprint density at radius 1 is 1.15 bits per heavy atom. The lowest BCUT2D eigenvalue weighted by Gasteiger charge is -2.33. The SMILES string of the molecule is CS(=O)(=O)N1CCN(CCNC(=O)c2cnc3ccccc3n2)CC1.Cl. The Hall–Kier alpha value is -1.81. The van der Waals surface area contributed by atoms with E-state index >= 15 is 0 Å². The summed E-state index contributed by atoms with van der Waals surface area (Å²) < 4.78 is 24.4. The standard InChI is InChI=1S/C16H21N5O3S.ClH/c1-25(23,24)21-10-8-20(9-11-21)7-6-17-16(22)15-12-18-13-4-2-3-5-14(13)19-15;/h2-5,12H,6-11H2,1H3,(H,17,22);1H. The van der Waals surface area contributed by atoms with Gasteiger partial charge >= 0.3 is 0 Å². The van der Waals surface area contributed by atoms with Gasteiger partial charge in [0.15, 0.2) is 0 Å². The van der Waals surface area contributed by atoms with Gasteiger partial charge in [0, 0.05) is 39.3 Å². The van der Waals surface area contributed by atoms with Crippen molar-refractivity contribution in [2.45, 2.75) is 0 Å². The van der Waals surface area contributed by atoms with Gasteiger partial charge in [0.2, 0.25) is 10.0 Å². The van der Waals surface area contributed by atoms with Crippen molar-refractivity contribution in [3.63, 3.8) is 0 Å². The van der Waals surface area contributed by atoms with Gasteiger partial charge in [0.1, 0.15) is 5.69 Å². The summed E-state index contributed by atoms with van der Waals surface area (Å²) in [4.78, 5) is 22.9. The van der Waals surface area contributed by atoms with Crippen molar-refractivity contribution in [1.29, 1.82) is 0 Å². The molecule has 10 heteroatoms. The van der Waals surface area contributed by atoms with Crippen LogP contribution in [0.5, 0.6) is 0 Å². The molecule has 1 N–H and O–H groups in total. The molecule has 0 saturated carbocycles. The van der Waals surface area contributed by atoms with Gasteiger partial charge in [-0.2, -0.15) is 4.31 Å². The second kappa shape index (κ2) is 8.72. The van der Waals surface area contributed by atoms with Crippen LogP contribution in [0.2, 0.25) is 0 Å². The molecule has 26 heavy (non-hydrogen) atoms. The van der Waals surface area contributed by atoms with Crippen LogP contribution in [0.1, 0.15) is 10.5 Å². The first-order chi connectivity index (χ1) is 11.9. The van der Waals surface area contributed by atoms with Crippen LogP contribution in [0.4, 0.5) is 0 Å². The van der Waals surface area contributed by atoms with E-state index in [1.165, 1.54) is 16.8 Å². The summed E-state index contributed by atoms with van der Waals surface area (Å²) in [7, 11) is -3.12. The van der Waals surface area contributed by atoms with E-state index in [4.69, 9.17) is 0 Å². The molecule has 0 atom stereocenters. The molecular weight excluding hydrogens is 378 g/mol. The molecule has 0 spiro atoms. The third kappa shape index (κ3) is 5.10. The van der Waals surface area contributed by atoms with Crippen LogP contribution in [0, 0.1) is 0 Å². The second-order valence-corrected chi connectivity index (χ2v) is 7.99. The van der Waals surface area contributed by atoms with Crippen molar-refractivity contribution >= 4 is 39.4 Å². The minimum absolute atomic E-state index is 0. The Labute approximate surface area is 159 Å². The van der Waals surface area contributed by atoms with E-state index in [1.807, 2.05) is 24.3 Å². The van der Waals surface area contributed by atoms with Crippen LogP contribution in [-0.2, 0) is 10.0 Å². The van der Waals surface area contributed by atoms with E-state index in [2.05, 4.69) is 20.2 Å². The van der Waals surface area contributed by atoms with Gasteiger partial charge in [-0.3, -0.25) is 14.7 Å². The number of para-hydroxylation sites is 2. The Bertz CT molecular complexity index is 869. The van der Waals surface area contributed by atoms with Gasteiger partial charge in [0.25, 0.3) is 5.91 Å². The van der Waals surface area contributed by atoms with Crippen molar-refractivity contribution < 1.29 is 13.2 Å². The number of aromatic nitrogens is 2. The molecule has 0 aliphatic carbocycles. The number of hydrogen-bond acceptors (Lipinski definition) is 6. The molecule has 2 aromatic rings. The number of hydrogen-bond donors (Lipinski definition) is 1. The van der Waals surface area contributed by atoms with E-state index in [9.17, 15) is 13.2 Å². The van der Waals surface area contributed by atoms with E-state index in [1.54, 1.807) is 0 Å². The fourth-order valence-corrected chi connectivity index (χ4v) is 3.60. The highest BCUT2D eigenvalue weighted by Crippen LogP contribution is 2.08. The highest BCUT2D eigenvalue weighted by Gasteiger charge is 2.23. The van der Waals surface area contributed by atoms with Gasteiger partial charge in [0.05, 0.1) is 23.5 Å². The smallest absolute Gasteiger partial charge is 0.271 e. The number of carbonyl (C=O) groups excluding carboxylic acids is 1. The average molecular weight is 400 g/mol. The summed E-state index contributed by atoms with van der Waals surface area (Å²) in [6.07, 6.45) is 2.70. The zero-order valence-corrected chi connectivity index (χ0v) is 16.1. The van der Waals surface area contributed by atoms with Crippen LogP contribution in [0.3, 0.4) is 0 Å². The highest BCUT2D eigenvalue weighted by atomic mass is 35.5. The van der Waals surface area contributed by atoms with Crippen molar-refractivity contribution in [3.05, 3.63) is 36.2 Å². The van der Waals surface area contributed by atoms with Crippen molar-refractivity contribution in [2.75, 3.05) is 45.5 Å². The van der Waals surface area contributed by atoms with Crippen molar-refractivity contribution in [3.8, 4) is 0 Å². The summed E-state index contributed by atoms with van der Waals surface area (Å²) >= 11 is 0. The minimum Gasteiger partial charge on any atom is -0.349 e. The van der Waals surface area contributed by atoms with Crippen LogP contribution in [0.25, 0.3) is 11.0 Å². The molecule has 1 aliphatic heterocycles. The number of nitrogens with zero attached hydrogens (tertiary/aromatic N) is 4. The van der Waals surface area contributed by atoms with Gasteiger partial charge in [-0.25, -0.2) is 13.4 Å². The molecule has 0 bridgehead atoms. The van der Waals surface area contributed by atoms with Crippen LogP contribution in [-0.4, -0.2) is 79.0 Å². The van der Waals surface area contributed by atoms with Gasteiger partial charge in [-0.1, -0.05) is 12.1 Å². The van der Waals surface area contributed by atoms with Crippen LogP contribution >= 0.6 is 12.4 Å². The third-order valence-electron chi connectivity index (χ3n) is 4.20. The topological polar surface area (TPSA) is 95.5 Å². The molecule has 0 unspecified atom stereocenters. The number of nitrogens with one attached hydrogen (secondary N) is 1. The Balaban J connectivity index is 0.00000243. The Kier molecular flexibility index (Phi) is 6.87. The number of amides is 1. The fourth-order valence-electron chi connectivity index (χ4n) is 2.77. The van der Waals surface area contributed by atoms with E-state index in [-0.39, 0.29) is 18.3 Å². The molecule has 142 valence electrons. The quantitative estimate of drug-likeness (QED) is 0.779. The minimum atomic E-state index is -3.12. The molecule has 3 rings (SSSR count). The molecule has 8 nitrogen and oxygen atoms in total. The molecule has 0 radical (unpaired) electrons. The molecule has 2 heterocycles. The number of benzene rings is 1. The van der Waals surface area contributed by atoms with Crippen LogP contribution < -0.4 is 5.32 Å². The summed E-state index contributed by atoms with van der Waals surface area (Å²) in [5.41, 5.74) is 1.73. The zero-order chi connectivity index (χ0) is 17.9. The molecule has 1 aromatic heterocycles. The Morgan fingerprint density at radius 2 is 1.81 bits per heavy atom. The number of piperazine rings is 1. The summed E-state index contributed by atoms with van der Waals surface area (Å²) in [6, 6.07) is 7.40. The maximum absolute atomic E-state index is 12.2.